The van der Waals surface area contributed by atoms with Crippen LogP contribution in [0.2, 0.25) is 10.0 Å². The van der Waals surface area contributed by atoms with Gasteiger partial charge in [0.05, 0.1) is 10.7 Å². The number of anilines is 1. The molecule has 24 heavy (non-hydrogen) atoms. The number of hydrogen-bond acceptors (Lipinski definition) is 4. The first-order valence-electron chi connectivity index (χ1n) is 6.66. The van der Waals surface area contributed by atoms with Crippen LogP contribution in [0.5, 0.6) is 5.75 Å². The maximum Gasteiger partial charge on any atom is 0.277 e. The van der Waals surface area contributed by atoms with Crippen molar-refractivity contribution in [2.75, 3.05) is 5.32 Å². The topological polar surface area (TPSA) is 75.4 Å². The molecule has 0 unspecified atom stereocenters. The van der Waals surface area contributed by atoms with E-state index in [1.807, 2.05) is 0 Å². The Morgan fingerprint density at radius 2 is 1.96 bits per heavy atom. The highest BCUT2D eigenvalue weighted by Crippen LogP contribution is 2.31. The minimum atomic E-state index is -0.525. The third-order valence-electron chi connectivity index (χ3n) is 3.15. The fourth-order valence-corrected chi connectivity index (χ4v) is 2.86. The number of aromatic hydroxyl groups is 1. The second-order valence-electron chi connectivity index (χ2n) is 4.82. The van der Waals surface area contributed by atoms with Crippen LogP contribution in [0.4, 0.5) is 5.69 Å². The maximum atomic E-state index is 12.2. The summed E-state index contributed by atoms with van der Waals surface area (Å²) >= 11 is 15.2. The van der Waals surface area contributed by atoms with Crippen molar-refractivity contribution in [2.24, 2.45) is 0 Å². The molecule has 0 fully saturated rings. The average molecular weight is 428 g/mol. The highest BCUT2D eigenvalue weighted by Gasteiger charge is 2.17. The lowest BCUT2D eigenvalue weighted by atomic mass is 10.1. The Balaban J connectivity index is 1.85. The van der Waals surface area contributed by atoms with E-state index in [2.05, 4.69) is 26.4 Å². The van der Waals surface area contributed by atoms with Crippen molar-refractivity contribution in [2.45, 2.75) is 0 Å². The Morgan fingerprint density at radius 1 is 1.17 bits per heavy atom. The van der Waals surface area contributed by atoms with E-state index in [1.165, 1.54) is 12.1 Å². The molecule has 3 aromatic rings. The van der Waals surface area contributed by atoms with Crippen molar-refractivity contribution in [3.8, 4) is 17.1 Å². The Hall–Kier alpha value is -2.02. The quantitative estimate of drug-likeness (QED) is 0.551. The predicted octanol–water partition coefficient (Wildman–Crippen LogP) is 5.37. The van der Waals surface area contributed by atoms with E-state index in [9.17, 15) is 9.90 Å². The van der Waals surface area contributed by atoms with Gasteiger partial charge in [-0.05, 0) is 36.4 Å². The lowest BCUT2D eigenvalue weighted by Gasteiger charge is -2.05. The molecule has 8 heteroatoms. The molecule has 0 aliphatic rings. The third kappa shape index (κ3) is 3.56. The van der Waals surface area contributed by atoms with Gasteiger partial charge in [-0.2, -0.15) is 0 Å². The zero-order chi connectivity index (χ0) is 17.3. The Labute approximate surface area is 155 Å². The number of nitrogens with one attached hydrogen (secondary N) is 1. The van der Waals surface area contributed by atoms with Crippen LogP contribution in [0.1, 0.15) is 10.5 Å². The molecule has 0 aliphatic heterocycles. The number of rotatable bonds is 3. The zero-order valence-corrected chi connectivity index (χ0v) is 15.0. The number of phenolic OH excluding ortho intramolecular Hbond substituents is 1. The number of benzene rings is 2. The largest absolute Gasteiger partial charge is 0.506 e. The second-order valence-corrected chi connectivity index (χ2v) is 6.58. The molecular weight excluding hydrogens is 419 g/mol. The molecule has 0 atom stereocenters. The molecule has 1 amide bonds. The van der Waals surface area contributed by atoms with E-state index in [4.69, 9.17) is 27.7 Å². The molecule has 0 radical (unpaired) electrons. The molecule has 2 aromatic carbocycles. The molecule has 1 heterocycles. The van der Waals surface area contributed by atoms with E-state index in [0.717, 1.165) is 0 Å². The van der Waals surface area contributed by atoms with E-state index in [1.54, 1.807) is 30.3 Å². The summed E-state index contributed by atoms with van der Waals surface area (Å²) in [6, 6.07) is 11.0. The molecular formula is C16H9BrCl2N2O3. The number of hydrogen-bond donors (Lipinski definition) is 2. The molecule has 0 aliphatic carbocycles. The monoisotopic (exact) mass is 426 g/mol. The van der Waals surface area contributed by atoms with Crippen LogP contribution < -0.4 is 5.32 Å². The molecule has 1 aromatic heterocycles. The number of phenols is 1. The van der Waals surface area contributed by atoms with Gasteiger partial charge in [0, 0.05) is 21.1 Å². The SMILES string of the molecule is O=C(Nc1cc(Br)ccc1O)c1cc(-c2ccc(Cl)cc2Cl)on1. The smallest absolute Gasteiger partial charge is 0.277 e. The van der Waals surface area contributed by atoms with Gasteiger partial charge in [-0.25, -0.2) is 0 Å². The molecule has 0 spiro atoms. The minimum Gasteiger partial charge on any atom is -0.506 e. The Bertz CT molecular complexity index is 927. The van der Waals surface area contributed by atoms with E-state index in [-0.39, 0.29) is 17.1 Å². The lowest BCUT2D eigenvalue weighted by Crippen LogP contribution is -2.12. The van der Waals surface area contributed by atoms with Crippen molar-refractivity contribution in [1.82, 2.24) is 5.16 Å². The first kappa shape index (κ1) is 16.8. The van der Waals surface area contributed by atoms with Gasteiger partial charge in [0.1, 0.15) is 5.75 Å². The van der Waals surface area contributed by atoms with Gasteiger partial charge in [0.2, 0.25) is 0 Å². The first-order chi connectivity index (χ1) is 11.4. The predicted molar refractivity (Wildman–Crippen MR) is 95.7 cm³/mol. The fourth-order valence-electron chi connectivity index (χ4n) is 1.99. The maximum absolute atomic E-state index is 12.2. The number of amides is 1. The number of nitrogens with zero attached hydrogens (tertiary/aromatic N) is 1. The highest BCUT2D eigenvalue weighted by atomic mass is 79.9. The van der Waals surface area contributed by atoms with E-state index in [0.29, 0.717) is 25.8 Å². The fraction of sp³-hybridized carbons (Fsp3) is 0. The van der Waals surface area contributed by atoms with Gasteiger partial charge < -0.3 is 14.9 Å². The van der Waals surface area contributed by atoms with Crippen molar-refractivity contribution in [3.63, 3.8) is 0 Å². The lowest BCUT2D eigenvalue weighted by molar-refractivity contribution is 0.101. The van der Waals surface area contributed by atoms with Crippen molar-refractivity contribution < 1.29 is 14.4 Å². The molecule has 0 bridgehead atoms. The normalized spacial score (nSPS) is 10.6. The molecule has 2 N–H and O–H groups in total. The summed E-state index contributed by atoms with van der Waals surface area (Å²) in [6.45, 7) is 0. The number of carbonyl (C=O) groups excluding carboxylic acids is 1. The summed E-state index contributed by atoms with van der Waals surface area (Å²) in [5.74, 6) is -0.250. The zero-order valence-electron chi connectivity index (χ0n) is 11.9. The Morgan fingerprint density at radius 3 is 2.71 bits per heavy atom. The van der Waals surface area contributed by atoms with Crippen molar-refractivity contribution >= 4 is 50.7 Å². The van der Waals surface area contributed by atoms with Gasteiger partial charge in [0.25, 0.3) is 5.91 Å². The average Bonchev–Trinajstić information content (AvgIpc) is 3.00. The summed E-state index contributed by atoms with van der Waals surface area (Å²) in [6.07, 6.45) is 0. The number of carbonyl (C=O) groups is 1. The van der Waals surface area contributed by atoms with Crippen LogP contribution >= 0.6 is 39.1 Å². The van der Waals surface area contributed by atoms with Gasteiger partial charge >= 0.3 is 0 Å². The first-order valence-corrected chi connectivity index (χ1v) is 8.21. The number of aromatic nitrogens is 1. The van der Waals surface area contributed by atoms with Gasteiger partial charge in [0.15, 0.2) is 11.5 Å². The standard InChI is InChI=1S/C16H9BrCl2N2O3/c17-8-1-4-14(22)12(5-8)20-16(23)13-7-15(24-21-13)10-3-2-9(18)6-11(10)19/h1-7,22H,(H,20,23). The third-order valence-corrected chi connectivity index (χ3v) is 4.19. The second kappa shape index (κ2) is 6.84. The minimum absolute atomic E-state index is 0.0513. The van der Waals surface area contributed by atoms with Crippen LogP contribution in [-0.4, -0.2) is 16.2 Å². The summed E-state index contributed by atoms with van der Waals surface area (Å²) in [7, 11) is 0. The molecule has 122 valence electrons. The van der Waals surface area contributed by atoms with Crippen LogP contribution in [0, 0.1) is 0 Å². The molecule has 5 nitrogen and oxygen atoms in total. The summed E-state index contributed by atoms with van der Waals surface area (Å²) in [4.78, 5) is 12.2. The van der Waals surface area contributed by atoms with Crippen LogP contribution in [-0.2, 0) is 0 Å². The highest BCUT2D eigenvalue weighted by molar-refractivity contribution is 9.10. The van der Waals surface area contributed by atoms with Crippen LogP contribution in [0.15, 0.2) is 51.5 Å². The molecule has 0 saturated carbocycles. The molecule has 3 rings (SSSR count). The van der Waals surface area contributed by atoms with Crippen LogP contribution in [0.25, 0.3) is 11.3 Å². The molecule has 0 saturated heterocycles. The van der Waals surface area contributed by atoms with Crippen molar-refractivity contribution in [1.29, 1.82) is 0 Å². The number of halogens is 3. The van der Waals surface area contributed by atoms with E-state index < -0.39 is 5.91 Å². The van der Waals surface area contributed by atoms with Gasteiger partial charge in [-0.3, -0.25) is 4.79 Å². The van der Waals surface area contributed by atoms with Gasteiger partial charge in [-0.1, -0.05) is 44.3 Å². The summed E-state index contributed by atoms with van der Waals surface area (Å²) in [5, 5.41) is 16.9. The Kier molecular flexibility index (Phi) is 4.80. The van der Waals surface area contributed by atoms with Crippen molar-refractivity contribution in [3.05, 3.63) is 62.7 Å². The van der Waals surface area contributed by atoms with Gasteiger partial charge in [-0.15, -0.1) is 0 Å². The van der Waals surface area contributed by atoms with E-state index >= 15 is 0 Å². The van der Waals surface area contributed by atoms with Crippen LogP contribution in [0.3, 0.4) is 0 Å². The summed E-state index contributed by atoms with van der Waals surface area (Å²) in [5.41, 5.74) is 0.872. The summed E-state index contributed by atoms with van der Waals surface area (Å²) < 4.78 is 5.89.